The molecule has 0 aromatic rings. The number of hydrogen-bond donors (Lipinski definition) is 2. The fraction of sp³-hybridized carbons (Fsp3) is 1.00. The minimum absolute atomic E-state index is 0.152. The van der Waals surface area contributed by atoms with Gasteiger partial charge in [-0.1, -0.05) is 13.8 Å². The first-order valence-corrected chi connectivity index (χ1v) is 5.43. The maximum absolute atomic E-state index is 9.76. The van der Waals surface area contributed by atoms with Gasteiger partial charge in [0.05, 0.1) is 6.10 Å². The summed E-state index contributed by atoms with van der Waals surface area (Å²) in [5.41, 5.74) is 5.93. The average Bonchev–Trinajstić information content (AvgIpc) is 2.04. The van der Waals surface area contributed by atoms with E-state index in [0.717, 1.165) is 6.42 Å². The van der Waals surface area contributed by atoms with Gasteiger partial charge in [0, 0.05) is 0 Å². The second-order valence-corrected chi connectivity index (χ2v) is 5.15. The van der Waals surface area contributed by atoms with Crippen LogP contribution in [0, 0.1) is 11.3 Å². The lowest BCUT2D eigenvalue weighted by atomic mass is 9.71. The van der Waals surface area contributed by atoms with Gasteiger partial charge >= 0.3 is 0 Å². The van der Waals surface area contributed by atoms with Crippen LogP contribution >= 0.6 is 0 Å². The summed E-state index contributed by atoms with van der Waals surface area (Å²) >= 11 is 0. The number of nitrogens with two attached hydrogens (primary N) is 1. The molecule has 0 aromatic carbocycles. The zero-order chi connectivity index (χ0) is 9.90. The first-order valence-electron chi connectivity index (χ1n) is 5.43. The van der Waals surface area contributed by atoms with Gasteiger partial charge in [-0.3, -0.25) is 0 Å². The molecule has 0 bridgehead atoms. The van der Waals surface area contributed by atoms with Crippen molar-refractivity contribution in [3.8, 4) is 0 Å². The molecule has 78 valence electrons. The zero-order valence-electron chi connectivity index (χ0n) is 8.92. The minimum Gasteiger partial charge on any atom is -0.393 e. The summed E-state index contributed by atoms with van der Waals surface area (Å²) in [6.07, 6.45) is 5.47. The van der Waals surface area contributed by atoms with Gasteiger partial charge in [-0.2, -0.15) is 0 Å². The molecule has 0 spiro atoms. The third kappa shape index (κ3) is 3.28. The predicted octanol–water partition coefficient (Wildman–Crippen LogP) is 1.91. The highest BCUT2D eigenvalue weighted by Gasteiger charge is 2.29. The quantitative estimate of drug-likeness (QED) is 0.705. The standard InChI is InChI=1S/C11H23NO/c1-11(2)6-3-9(4-7-11)10(13)5-8-12/h9-10,13H,3-8,12H2,1-2H3/t10-/m0/s1. The minimum atomic E-state index is -0.152. The molecule has 1 aliphatic rings. The summed E-state index contributed by atoms with van der Waals surface area (Å²) < 4.78 is 0. The molecule has 1 fully saturated rings. The van der Waals surface area contributed by atoms with Gasteiger partial charge in [-0.25, -0.2) is 0 Å². The van der Waals surface area contributed by atoms with Crippen molar-refractivity contribution in [2.75, 3.05) is 6.54 Å². The largest absolute Gasteiger partial charge is 0.393 e. The average molecular weight is 185 g/mol. The van der Waals surface area contributed by atoms with Crippen molar-refractivity contribution in [3.63, 3.8) is 0 Å². The summed E-state index contributed by atoms with van der Waals surface area (Å²) in [7, 11) is 0. The molecule has 1 atom stereocenters. The van der Waals surface area contributed by atoms with Crippen molar-refractivity contribution in [1.82, 2.24) is 0 Å². The molecule has 1 aliphatic carbocycles. The third-order valence-corrected chi connectivity index (χ3v) is 3.39. The molecule has 0 radical (unpaired) electrons. The molecule has 3 N–H and O–H groups in total. The van der Waals surface area contributed by atoms with E-state index in [0.29, 0.717) is 17.9 Å². The van der Waals surface area contributed by atoms with E-state index in [4.69, 9.17) is 5.73 Å². The number of aliphatic hydroxyl groups excluding tert-OH is 1. The van der Waals surface area contributed by atoms with E-state index in [1.165, 1.54) is 25.7 Å². The molecule has 2 nitrogen and oxygen atoms in total. The summed E-state index contributed by atoms with van der Waals surface area (Å²) in [4.78, 5) is 0. The van der Waals surface area contributed by atoms with Crippen LogP contribution in [0.2, 0.25) is 0 Å². The molecule has 0 aliphatic heterocycles. The van der Waals surface area contributed by atoms with Crippen LogP contribution in [0.5, 0.6) is 0 Å². The highest BCUT2D eigenvalue weighted by molar-refractivity contribution is 4.81. The van der Waals surface area contributed by atoms with E-state index in [1.807, 2.05) is 0 Å². The van der Waals surface area contributed by atoms with E-state index in [-0.39, 0.29) is 6.10 Å². The first kappa shape index (κ1) is 11.0. The van der Waals surface area contributed by atoms with Crippen molar-refractivity contribution >= 4 is 0 Å². The van der Waals surface area contributed by atoms with Gasteiger partial charge in [0.1, 0.15) is 0 Å². The van der Waals surface area contributed by atoms with Gasteiger partial charge in [-0.15, -0.1) is 0 Å². The Kier molecular flexibility index (Phi) is 3.74. The molecule has 0 aromatic heterocycles. The maximum Gasteiger partial charge on any atom is 0.0580 e. The van der Waals surface area contributed by atoms with E-state index in [2.05, 4.69) is 13.8 Å². The van der Waals surface area contributed by atoms with Crippen molar-refractivity contribution in [2.24, 2.45) is 17.1 Å². The van der Waals surface area contributed by atoms with E-state index < -0.39 is 0 Å². The second kappa shape index (κ2) is 4.43. The molecule has 0 amide bonds. The molecule has 2 heteroatoms. The topological polar surface area (TPSA) is 46.2 Å². The van der Waals surface area contributed by atoms with Crippen molar-refractivity contribution in [3.05, 3.63) is 0 Å². The van der Waals surface area contributed by atoms with Gasteiger partial charge < -0.3 is 10.8 Å². The lowest BCUT2D eigenvalue weighted by Gasteiger charge is -2.36. The Balaban J connectivity index is 2.32. The second-order valence-electron chi connectivity index (χ2n) is 5.15. The fourth-order valence-electron chi connectivity index (χ4n) is 2.21. The van der Waals surface area contributed by atoms with Crippen LogP contribution in [0.3, 0.4) is 0 Å². The fourth-order valence-corrected chi connectivity index (χ4v) is 2.21. The van der Waals surface area contributed by atoms with Crippen LogP contribution in [0.1, 0.15) is 46.0 Å². The molecule has 0 heterocycles. The monoisotopic (exact) mass is 185 g/mol. The summed E-state index contributed by atoms with van der Waals surface area (Å²) in [6, 6.07) is 0. The highest BCUT2D eigenvalue weighted by atomic mass is 16.3. The van der Waals surface area contributed by atoms with Crippen molar-refractivity contribution in [1.29, 1.82) is 0 Å². The number of hydrogen-bond acceptors (Lipinski definition) is 2. The Morgan fingerprint density at radius 2 is 1.92 bits per heavy atom. The van der Waals surface area contributed by atoms with Crippen LogP contribution < -0.4 is 5.73 Å². The van der Waals surface area contributed by atoms with Crippen molar-refractivity contribution in [2.45, 2.75) is 52.1 Å². The van der Waals surface area contributed by atoms with E-state index in [1.54, 1.807) is 0 Å². The van der Waals surface area contributed by atoms with Crippen LogP contribution in [-0.2, 0) is 0 Å². The van der Waals surface area contributed by atoms with Gasteiger partial charge in [0.2, 0.25) is 0 Å². The SMILES string of the molecule is CC1(C)CCC([C@@H](O)CCN)CC1. The predicted molar refractivity (Wildman–Crippen MR) is 55.4 cm³/mol. The maximum atomic E-state index is 9.76. The molecule has 1 rings (SSSR count). The van der Waals surface area contributed by atoms with Crippen LogP contribution in [0.25, 0.3) is 0 Å². The normalized spacial score (nSPS) is 25.8. The lowest BCUT2D eigenvalue weighted by Crippen LogP contribution is -2.30. The molecule has 0 saturated heterocycles. The highest BCUT2D eigenvalue weighted by Crippen LogP contribution is 2.39. The summed E-state index contributed by atoms with van der Waals surface area (Å²) in [6.45, 7) is 5.25. The van der Waals surface area contributed by atoms with Crippen LogP contribution in [0.15, 0.2) is 0 Å². The zero-order valence-corrected chi connectivity index (χ0v) is 8.92. The Bertz CT molecular complexity index is 146. The lowest BCUT2D eigenvalue weighted by molar-refractivity contribution is 0.0532. The molecule has 13 heavy (non-hydrogen) atoms. The number of rotatable bonds is 3. The van der Waals surface area contributed by atoms with Gasteiger partial charge in [-0.05, 0) is 50.0 Å². The smallest absolute Gasteiger partial charge is 0.0580 e. The van der Waals surface area contributed by atoms with Gasteiger partial charge in [0.15, 0.2) is 0 Å². The van der Waals surface area contributed by atoms with E-state index in [9.17, 15) is 5.11 Å². The third-order valence-electron chi connectivity index (χ3n) is 3.39. The van der Waals surface area contributed by atoms with Crippen LogP contribution in [-0.4, -0.2) is 17.8 Å². The van der Waals surface area contributed by atoms with Gasteiger partial charge in [0.25, 0.3) is 0 Å². The van der Waals surface area contributed by atoms with Crippen molar-refractivity contribution < 1.29 is 5.11 Å². The summed E-state index contributed by atoms with van der Waals surface area (Å²) in [5, 5.41) is 9.76. The van der Waals surface area contributed by atoms with E-state index >= 15 is 0 Å². The van der Waals surface area contributed by atoms with Crippen LogP contribution in [0.4, 0.5) is 0 Å². The molecule has 0 unspecified atom stereocenters. The Morgan fingerprint density at radius 3 is 2.38 bits per heavy atom. The first-order chi connectivity index (χ1) is 6.05. The molecular weight excluding hydrogens is 162 g/mol. The number of aliphatic hydroxyl groups is 1. The molecular formula is C11H23NO. The summed E-state index contributed by atoms with van der Waals surface area (Å²) in [5.74, 6) is 0.511. The Labute approximate surface area is 81.5 Å². The molecule has 1 saturated carbocycles. The Morgan fingerprint density at radius 1 is 1.38 bits per heavy atom. The Hall–Kier alpha value is -0.0800.